The number of sulfonamides is 1. The molecule has 0 unspecified atom stereocenters. The minimum Gasteiger partial charge on any atom is -0.354 e. The zero-order valence-electron chi connectivity index (χ0n) is 10.1. The first-order valence-electron chi connectivity index (χ1n) is 4.94. The molecule has 0 aromatic rings. The van der Waals surface area contributed by atoms with Gasteiger partial charge in [0.25, 0.3) is 0 Å². The average Bonchev–Trinajstić information content (AvgIpc) is 2.09. The van der Waals surface area contributed by atoms with Crippen molar-refractivity contribution in [2.45, 2.75) is 33.2 Å². The van der Waals surface area contributed by atoms with Crippen molar-refractivity contribution in [1.29, 1.82) is 0 Å². The Balaban J connectivity index is 4.38. The lowest BCUT2D eigenvalue weighted by Gasteiger charge is -2.25. The topological polar surface area (TPSA) is 55.8 Å². The zero-order valence-corrected chi connectivity index (χ0v) is 10.9. The standard InChI is InChI=1S/C9H21NO4S/c1-6-10(15(5,11)12)7-9(13-4)14-8(2)3/h8-9H,6-7H2,1-5H3/t9-/m1/s1. The van der Waals surface area contributed by atoms with E-state index in [1.807, 2.05) is 13.8 Å². The van der Waals surface area contributed by atoms with Crippen molar-refractivity contribution in [3.63, 3.8) is 0 Å². The van der Waals surface area contributed by atoms with E-state index in [4.69, 9.17) is 9.47 Å². The summed E-state index contributed by atoms with van der Waals surface area (Å²) >= 11 is 0. The molecule has 5 nitrogen and oxygen atoms in total. The number of methoxy groups -OCH3 is 1. The molecule has 1 atom stereocenters. The molecule has 15 heavy (non-hydrogen) atoms. The molecule has 0 heterocycles. The molecule has 0 aliphatic rings. The monoisotopic (exact) mass is 239 g/mol. The van der Waals surface area contributed by atoms with Crippen LogP contribution in [0.25, 0.3) is 0 Å². The van der Waals surface area contributed by atoms with Gasteiger partial charge in [-0.1, -0.05) is 6.92 Å². The Bertz CT molecular complexity index is 263. The van der Waals surface area contributed by atoms with Crippen molar-refractivity contribution < 1.29 is 17.9 Å². The van der Waals surface area contributed by atoms with Gasteiger partial charge in [-0.25, -0.2) is 8.42 Å². The van der Waals surface area contributed by atoms with Gasteiger partial charge in [-0.15, -0.1) is 0 Å². The molecule has 0 spiro atoms. The Morgan fingerprint density at radius 3 is 2.13 bits per heavy atom. The van der Waals surface area contributed by atoms with Crippen LogP contribution in [0.1, 0.15) is 20.8 Å². The van der Waals surface area contributed by atoms with E-state index < -0.39 is 16.3 Å². The summed E-state index contributed by atoms with van der Waals surface area (Å²) in [6.45, 7) is 6.18. The van der Waals surface area contributed by atoms with E-state index in [9.17, 15) is 8.42 Å². The van der Waals surface area contributed by atoms with Crippen molar-refractivity contribution in [3.8, 4) is 0 Å². The minimum absolute atomic E-state index is 0.00761. The molecule has 0 saturated carbocycles. The summed E-state index contributed by atoms with van der Waals surface area (Å²) in [6.07, 6.45) is 0.673. The molecule has 0 saturated heterocycles. The van der Waals surface area contributed by atoms with Gasteiger partial charge in [0, 0.05) is 13.7 Å². The first-order valence-corrected chi connectivity index (χ1v) is 6.79. The molecule has 0 rings (SSSR count). The van der Waals surface area contributed by atoms with Gasteiger partial charge in [-0.05, 0) is 13.8 Å². The van der Waals surface area contributed by atoms with Crippen LogP contribution in [0.2, 0.25) is 0 Å². The number of rotatable bonds is 7. The van der Waals surface area contributed by atoms with E-state index in [0.717, 1.165) is 0 Å². The van der Waals surface area contributed by atoms with E-state index in [1.165, 1.54) is 17.7 Å². The van der Waals surface area contributed by atoms with Gasteiger partial charge in [0.05, 0.1) is 18.9 Å². The van der Waals surface area contributed by atoms with Crippen LogP contribution in [0, 0.1) is 0 Å². The smallest absolute Gasteiger partial charge is 0.211 e. The second-order valence-corrected chi connectivity index (χ2v) is 5.55. The van der Waals surface area contributed by atoms with Gasteiger partial charge < -0.3 is 9.47 Å². The molecule has 0 aliphatic heterocycles. The molecular weight excluding hydrogens is 218 g/mol. The molecule has 0 bridgehead atoms. The molecule has 6 heteroatoms. The van der Waals surface area contributed by atoms with Crippen molar-refractivity contribution in [2.75, 3.05) is 26.5 Å². The van der Waals surface area contributed by atoms with Gasteiger partial charge in [0.15, 0.2) is 6.29 Å². The third-order valence-electron chi connectivity index (χ3n) is 1.86. The maximum atomic E-state index is 11.3. The fraction of sp³-hybridized carbons (Fsp3) is 1.00. The van der Waals surface area contributed by atoms with Crippen LogP contribution in [-0.4, -0.2) is 51.6 Å². The molecule has 0 aromatic carbocycles. The Hall–Kier alpha value is -0.170. The Labute approximate surface area is 92.4 Å². The van der Waals surface area contributed by atoms with E-state index in [2.05, 4.69) is 0 Å². The Morgan fingerprint density at radius 1 is 1.33 bits per heavy atom. The predicted octanol–water partition coefficient (Wildman–Crippen LogP) is 0.665. The molecule has 0 fully saturated rings. The van der Waals surface area contributed by atoms with Gasteiger partial charge in [0.2, 0.25) is 10.0 Å². The Morgan fingerprint density at radius 2 is 1.87 bits per heavy atom. The number of nitrogens with zero attached hydrogens (tertiary/aromatic N) is 1. The molecule has 0 aliphatic carbocycles. The summed E-state index contributed by atoms with van der Waals surface area (Å²) in [6, 6.07) is 0. The highest BCUT2D eigenvalue weighted by molar-refractivity contribution is 7.88. The summed E-state index contributed by atoms with van der Waals surface area (Å²) in [7, 11) is -1.68. The molecular formula is C9H21NO4S. The normalized spacial score (nSPS) is 14.9. The van der Waals surface area contributed by atoms with Crippen LogP contribution in [0.3, 0.4) is 0 Å². The largest absolute Gasteiger partial charge is 0.354 e. The van der Waals surface area contributed by atoms with Crippen LogP contribution < -0.4 is 0 Å². The van der Waals surface area contributed by atoms with Gasteiger partial charge in [-0.3, -0.25) is 0 Å². The molecule has 0 N–H and O–H groups in total. The van der Waals surface area contributed by atoms with Crippen LogP contribution in [0.4, 0.5) is 0 Å². The predicted molar refractivity (Wildman–Crippen MR) is 59.1 cm³/mol. The quantitative estimate of drug-likeness (QED) is 0.613. The highest BCUT2D eigenvalue weighted by Gasteiger charge is 2.20. The molecule has 0 radical (unpaired) electrons. The summed E-state index contributed by atoms with van der Waals surface area (Å²) in [5.41, 5.74) is 0. The van der Waals surface area contributed by atoms with E-state index in [0.29, 0.717) is 6.54 Å². The van der Waals surface area contributed by atoms with Crippen molar-refractivity contribution in [2.24, 2.45) is 0 Å². The van der Waals surface area contributed by atoms with Crippen LogP contribution >= 0.6 is 0 Å². The Kier molecular flexibility index (Phi) is 6.35. The highest BCUT2D eigenvalue weighted by Crippen LogP contribution is 2.05. The lowest BCUT2D eigenvalue weighted by atomic mass is 10.4. The van der Waals surface area contributed by atoms with E-state index in [1.54, 1.807) is 6.92 Å². The minimum atomic E-state index is -3.18. The maximum Gasteiger partial charge on any atom is 0.211 e. The maximum absolute atomic E-state index is 11.3. The zero-order chi connectivity index (χ0) is 12.1. The number of hydrogen-bond acceptors (Lipinski definition) is 4. The van der Waals surface area contributed by atoms with Gasteiger partial charge >= 0.3 is 0 Å². The second kappa shape index (κ2) is 6.42. The summed E-state index contributed by atoms with van der Waals surface area (Å²) in [5, 5.41) is 0. The summed E-state index contributed by atoms with van der Waals surface area (Å²) in [4.78, 5) is 0. The highest BCUT2D eigenvalue weighted by atomic mass is 32.2. The van der Waals surface area contributed by atoms with Crippen LogP contribution in [-0.2, 0) is 19.5 Å². The number of ether oxygens (including phenoxy) is 2. The average molecular weight is 239 g/mol. The fourth-order valence-electron chi connectivity index (χ4n) is 1.14. The molecule has 0 aromatic heterocycles. The second-order valence-electron chi connectivity index (χ2n) is 3.56. The number of likely N-dealkylation sites (N-methyl/N-ethyl adjacent to an activating group) is 1. The SMILES string of the molecule is CCN(C[C@H](OC)OC(C)C)S(C)(=O)=O. The molecule has 92 valence electrons. The van der Waals surface area contributed by atoms with Crippen LogP contribution in [0.5, 0.6) is 0 Å². The first kappa shape index (κ1) is 14.8. The van der Waals surface area contributed by atoms with E-state index >= 15 is 0 Å². The van der Waals surface area contributed by atoms with Crippen molar-refractivity contribution >= 4 is 10.0 Å². The summed E-state index contributed by atoms with van der Waals surface area (Å²) in [5.74, 6) is 0. The van der Waals surface area contributed by atoms with Crippen molar-refractivity contribution in [3.05, 3.63) is 0 Å². The van der Waals surface area contributed by atoms with E-state index in [-0.39, 0.29) is 12.6 Å². The molecule has 0 amide bonds. The third-order valence-corrected chi connectivity index (χ3v) is 3.21. The first-order chi connectivity index (χ1) is 6.81. The fourth-order valence-corrected chi connectivity index (χ4v) is 2.00. The lowest BCUT2D eigenvalue weighted by Crippen LogP contribution is -2.39. The lowest BCUT2D eigenvalue weighted by molar-refractivity contribution is -0.150. The van der Waals surface area contributed by atoms with Gasteiger partial charge in [-0.2, -0.15) is 4.31 Å². The van der Waals surface area contributed by atoms with Crippen molar-refractivity contribution in [1.82, 2.24) is 4.31 Å². The van der Waals surface area contributed by atoms with Gasteiger partial charge in [0.1, 0.15) is 0 Å². The summed E-state index contributed by atoms with van der Waals surface area (Å²) < 4.78 is 34.4. The third kappa shape index (κ3) is 6.09. The number of hydrogen-bond donors (Lipinski definition) is 0. The van der Waals surface area contributed by atoms with Crippen LogP contribution in [0.15, 0.2) is 0 Å².